The van der Waals surface area contributed by atoms with Crippen molar-refractivity contribution in [1.29, 1.82) is 0 Å². The fourth-order valence-corrected chi connectivity index (χ4v) is 2.18. The minimum absolute atomic E-state index is 0.195. The van der Waals surface area contributed by atoms with Crippen molar-refractivity contribution in [2.24, 2.45) is 0 Å². The number of nitrogens with zero attached hydrogens (tertiary/aromatic N) is 2. The molecule has 0 aliphatic carbocycles. The third kappa shape index (κ3) is 1.70. The molecule has 86 valence electrons. The van der Waals surface area contributed by atoms with Crippen molar-refractivity contribution in [2.45, 2.75) is 39.7 Å². The fraction of sp³-hybridized carbons (Fsp3) is 0.462. The highest BCUT2D eigenvalue weighted by atomic mass is 19.1. The zero-order valence-corrected chi connectivity index (χ0v) is 10.00. The van der Waals surface area contributed by atoms with Crippen LogP contribution in [0.3, 0.4) is 0 Å². The Morgan fingerprint density at radius 2 is 2.00 bits per heavy atom. The number of fused-ring (bicyclic) bond motifs is 1. The van der Waals surface area contributed by atoms with Gasteiger partial charge in [0.15, 0.2) is 0 Å². The molecule has 0 saturated heterocycles. The van der Waals surface area contributed by atoms with Crippen LogP contribution in [-0.4, -0.2) is 9.78 Å². The first-order valence-corrected chi connectivity index (χ1v) is 5.81. The molecule has 0 bridgehead atoms. The molecule has 0 spiro atoms. The Morgan fingerprint density at radius 1 is 1.31 bits per heavy atom. The van der Waals surface area contributed by atoms with Crippen LogP contribution in [0.2, 0.25) is 0 Å². The summed E-state index contributed by atoms with van der Waals surface area (Å²) in [5.74, 6) is -0.195. The molecule has 1 heterocycles. The lowest BCUT2D eigenvalue weighted by Gasteiger charge is -2.14. The Labute approximate surface area is 95.1 Å². The van der Waals surface area contributed by atoms with Crippen molar-refractivity contribution in [3.8, 4) is 0 Å². The summed E-state index contributed by atoms with van der Waals surface area (Å²) in [5.41, 5.74) is 1.94. The first kappa shape index (κ1) is 11.1. The molecule has 2 rings (SSSR count). The average molecular weight is 220 g/mol. The molecule has 0 N–H and O–H groups in total. The molecule has 1 aromatic heterocycles. The number of hydrogen-bond donors (Lipinski definition) is 0. The maximum Gasteiger partial charge on any atom is 0.124 e. The second-order valence-corrected chi connectivity index (χ2v) is 4.16. The van der Waals surface area contributed by atoms with Crippen LogP contribution >= 0.6 is 0 Å². The lowest BCUT2D eigenvalue weighted by molar-refractivity contribution is 0.439. The van der Waals surface area contributed by atoms with E-state index in [-0.39, 0.29) is 5.82 Å². The highest BCUT2D eigenvalue weighted by molar-refractivity contribution is 5.81. The topological polar surface area (TPSA) is 17.8 Å². The summed E-state index contributed by atoms with van der Waals surface area (Å²) in [7, 11) is 0. The van der Waals surface area contributed by atoms with Gasteiger partial charge in [-0.25, -0.2) is 4.39 Å². The molecule has 0 aliphatic rings. The molecule has 0 saturated carbocycles. The first-order valence-electron chi connectivity index (χ1n) is 5.81. The second kappa shape index (κ2) is 4.24. The number of aromatic nitrogens is 2. The molecule has 2 nitrogen and oxygen atoms in total. The van der Waals surface area contributed by atoms with Gasteiger partial charge in [0.1, 0.15) is 5.82 Å². The number of hydrogen-bond acceptors (Lipinski definition) is 1. The van der Waals surface area contributed by atoms with Crippen molar-refractivity contribution in [2.75, 3.05) is 0 Å². The van der Waals surface area contributed by atoms with Gasteiger partial charge in [-0.15, -0.1) is 0 Å². The van der Waals surface area contributed by atoms with Crippen LogP contribution in [0.25, 0.3) is 10.9 Å². The van der Waals surface area contributed by atoms with Crippen LogP contribution in [-0.2, 0) is 0 Å². The summed E-state index contributed by atoms with van der Waals surface area (Å²) in [6, 6.07) is 5.30. The van der Waals surface area contributed by atoms with Gasteiger partial charge in [-0.2, -0.15) is 5.10 Å². The molecule has 1 aromatic carbocycles. The number of benzene rings is 1. The van der Waals surface area contributed by atoms with Gasteiger partial charge in [-0.05, 0) is 38.0 Å². The molecule has 0 fully saturated rings. The highest BCUT2D eigenvalue weighted by Crippen LogP contribution is 2.25. The Kier molecular flexibility index (Phi) is 2.95. The molecule has 3 heteroatoms. The van der Waals surface area contributed by atoms with Gasteiger partial charge in [0.25, 0.3) is 0 Å². The minimum Gasteiger partial charge on any atom is -0.262 e. The summed E-state index contributed by atoms with van der Waals surface area (Å²) in [6.45, 7) is 6.24. The van der Waals surface area contributed by atoms with Gasteiger partial charge in [-0.1, -0.05) is 13.8 Å². The Hall–Kier alpha value is -1.38. The van der Waals surface area contributed by atoms with Crippen LogP contribution in [0.4, 0.5) is 4.39 Å². The fourth-order valence-electron chi connectivity index (χ4n) is 2.18. The van der Waals surface area contributed by atoms with Crippen LogP contribution < -0.4 is 0 Å². The predicted molar refractivity (Wildman–Crippen MR) is 64.0 cm³/mol. The van der Waals surface area contributed by atoms with Gasteiger partial charge >= 0.3 is 0 Å². The van der Waals surface area contributed by atoms with Gasteiger partial charge < -0.3 is 0 Å². The van der Waals surface area contributed by atoms with E-state index in [9.17, 15) is 4.39 Å². The lowest BCUT2D eigenvalue weighted by Crippen LogP contribution is -2.08. The van der Waals surface area contributed by atoms with Crippen LogP contribution in [0.15, 0.2) is 18.2 Å². The van der Waals surface area contributed by atoms with Crippen molar-refractivity contribution in [3.63, 3.8) is 0 Å². The molecular weight excluding hydrogens is 203 g/mol. The van der Waals surface area contributed by atoms with E-state index in [1.165, 1.54) is 6.07 Å². The molecule has 0 aliphatic heterocycles. The molecule has 0 unspecified atom stereocenters. The number of rotatable bonds is 3. The largest absolute Gasteiger partial charge is 0.262 e. The molecule has 0 radical (unpaired) electrons. The van der Waals surface area contributed by atoms with E-state index in [0.717, 1.165) is 29.4 Å². The van der Waals surface area contributed by atoms with Crippen molar-refractivity contribution in [3.05, 3.63) is 29.7 Å². The Morgan fingerprint density at radius 3 is 2.62 bits per heavy atom. The van der Waals surface area contributed by atoms with Crippen molar-refractivity contribution >= 4 is 10.9 Å². The van der Waals surface area contributed by atoms with E-state index in [4.69, 9.17) is 0 Å². The molecule has 2 aromatic rings. The van der Waals surface area contributed by atoms with Crippen LogP contribution in [0.1, 0.15) is 38.4 Å². The number of aryl methyl sites for hydroxylation is 1. The van der Waals surface area contributed by atoms with E-state index in [2.05, 4.69) is 18.9 Å². The maximum atomic E-state index is 13.2. The molecular formula is C13H17FN2. The average Bonchev–Trinajstić information content (AvgIpc) is 2.58. The SMILES string of the molecule is CCC(CC)n1nc(C)c2cc(F)ccc21. The summed E-state index contributed by atoms with van der Waals surface area (Å²) in [4.78, 5) is 0. The zero-order chi connectivity index (χ0) is 11.7. The third-order valence-corrected chi connectivity index (χ3v) is 3.14. The normalized spacial score (nSPS) is 11.6. The monoisotopic (exact) mass is 220 g/mol. The van der Waals surface area contributed by atoms with Gasteiger partial charge in [0.2, 0.25) is 0 Å². The Balaban J connectivity index is 2.63. The molecule has 16 heavy (non-hydrogen) atoms. The Bertz CT molecular complexity index is 498. The lowest BCUT2D eigenvalue weighted by atomic mass is 10.1. The summed E-state index contributed by atoms with van der Waals surface area (Å²) in [5, 5.41) is 5.45. The summed E-state index contributed by atoms with van der Waals surface area (Å²) >= 11 is 0. The maximum absolute atomic E-state index is 13.2. The summed E-state index contributed by atoms with van der Waals surface area (Å²) < 4.78 is 15.2. The van der Waals surface area contributed by atoms with Crippen LogP contribution in [0.5, 0.6) is 0 Å². The smallest absolute Gasteiger partial charge is 0.124 e. The number of halogens is 1. The van der Waals surface area contributed by atoms with Crippen LogP contribution in [0, 0.1) is 12.7 Å². The predicted octanol–water partition coefficient (Wildman–Crippen LogP) is 3.84. The van der Waals surface area contributed by atoms with E-state index in [0.29, 0.717) is 6.04 Å². The third-order valence-electron chi connectivity index (χ3n) is 3.14. The van der Waals surface area contributed by atoms with E-state index in [1.54, 1.807) is 6.07 Å². The van der Waals surface area contributed by atoms with Crippen molar-refractivity contribution < 1.29 is 4.39 Å². The quantitative estimate of drug-likeness (QED) is 0.768. The van der Waals surface area contributed by atoms with E-state index in [1.807, 2.05) is 17.7 Å². The molecule has 0 atom stereocenters. The van der Waals surface area contributed by atoms with Gasteiger partial charge in [0, 0.05) is 5.39 Å². The van der Waals surface area contributed by atoms with Gasteiger partial charge in [-0.3, -0.25) is 4.68 Å². The van der Waals surface area contributed by atoms with E-state index >= 15 is 0 Å². The highest BCUT2D eigenvalue weighted by Gasteiger charge is 2.13. The molecule has 0 amide bonds. The second-order valence-electron chi connectivity index (χ2n) is 4.16. The minimum atomic E-state index is -0.195. The van der Waals surface area contributed by atoms with Crippen molar-refractivity contribution in [1.82, 2.24) is 9.78 Å². The summed E-state index contributed by atoms with van der Waals surface area (Å²) in [6.07, 6.45) is 2.09. The standard InChI is InChI=1S/C13H17FN2/c1-4-11(5-2)16-13-7-6-10(14)8-12(13)9(3)15-16/h6-8,11H,4-5H2,1-3H3. The van der Waals surface area contributed by atoms with Gasteiger partial charge in [0.05, 0.1) is 17.3 Å². The first-order chi connectivity index (χ1) is 7.67. The zero-order valence-electron chi connectivity index (χ0n) is 10.00. The van der Waals surface area contributed by atoms with E-state index < -0.39 is 0 Å².